The quantitative estimate of drug-likeness (QED) is 0.0757. The van der Waals surface area contributed by atoms with Gasteiger partial charge in [0.2, 0.25) is 0 Å². The highest BCUT2D eigenvalue weighted by molar-refractivity contribution is 5.85. The van der Waals surface area contributed by atoms with Crippen LogP contribution in [0.25, 0.3) is 215 Å². The molecule has 0 aliphatic carbocycles. The number of rotatable bonds is 19. The highest BCUT2D eigenvalue weighted by Gasteiger charge is 2.21. The first-order chi connectivity index (χ1) is 63.2. The van der Waals surface area contributed by atoms with Crippen LogP contribution in [0.2, 0.25) is 0 Å². The summed E-state index contributed by atoms with van der Waals surface area (Å²) in [5, 5.41) is 0. The molecule has 17 aromatic carbocycles. The van der Waals surface area contributed by atoms with Crippen molar-refractivity contribution in [3.8, 4) is 215 Å². The maximum atomic E-state index is 5.10. The Morgan fingerprint density at radius 1 is 0.102 bits per heavy atom. The number of benzene rings is 17. The van der Waals surface area contributed by atoms with Crippen LogP contribution in [-0.2, 0) is 0 Å². The molecular formula is C116H80N12. The first kappa shape index (κ1) is 79.3. The van der Waals surface area contributed by atoms with Crippen LogP contribution in [0.4, 0.5) is 0 Å². The Labute approximate surface area is 743 Å². The zero-order valence-corrected chi connectivity index (χ0v) is 70.1. The lowest BCUT2D eigenvalue weighted by Gasteiger charge is -2.13. The summed E-state index contributed by atoms with van der Waals surface area (Å²) in [5.74, 6) is 7.52. The van der Waals surface area contributed by atoms with Gasteiger partial charge in [0, 0.05) is 66.8 Å². The van der Waals surface area contributed by atoms with Crippen LogP contribution in [0.5, 0.6) is 0 Å². The summed E-state index contributed by atoms with van der Waals surface area (Å²) in [6.45, 7) is 4.30. The molecular weight excluding hydrogens is 1560 g/mol. The Morgan fingerprint density at radius 2 is 0.234 bits per heavy atom. The molecule has 0 radical (unpaired) electrons. The van der Waals surface area contributed by atoms with Crippen molar-refractivity contribution in [2.75, 3.05) is 0 Å². The molecule has 0 amide bonds. The third kappa shape index (κ3) is 17.8. The van der Waals surface area contributed by atoms with E-state index in [4.69, 9.17) is 59.8 Å². The molecule has 0 saturated heterocycles. The van der Waals surface area contributed by atoms with Crippen LogP contribution >= 0.6 is 0 Å². The molecule has 0 atom stereocenters. The Bertz CT molecular complexity index is 7410. The van der Waals surface area contributed by atoms with E-state index in [2.05, 4.69) is 269 Å². The standard InChI is InChI=1S/C61H42N6.C55H38N6/c1-41-31-32-54(61-66-58(46-23-12-5-13-24-46)63-59(67-61)47-35-33-43(34-36-47)42-17-6-2-7-18-42)40-55(41)52-29-15-27-50(38-52)48-25-14-26-49(37-48)51-28-16-30-53(39-51)60-64-56(44-19-8-3-9-20-44)62-57(65-60)45-21-10-4-11-22-45;1-37-28-29-48(55-60-52(42-22-12-5-13-23-42)57-53(61-55)43-32-30-39(31-33-43)38-16-6-2-7-17-38)36-49(37)46-26-14-24-44(34-46)45-25-15-27-47(35-45)54-58-50(40-18-8-3-9-19-40)56-51(59-54)41-20-10-4-11-21-41/h2-40H,1H3;2-36H,1H3. The van der Waals surface area contributed by atoms with Gasteiger partial charge in [-0.15, -0.1) is 0 Å². The van der Waals surface area contributed by atoms with E-state index in [1.165, 1.54) is 0 Å². The van der Waals surface area contributed by atoms with Gasteiger partial charge < -0.3 is 0 Å². The zero-order chi connectivity index (χ0) is 85.9. The summed E-state index contributed by atoms with van der Waals surface area (Å²) >= 11 is 0. The van der Waals surface area contributed by atoms with Crippen molar-refractivity contribution in [1.82, 2.24) is 59.8 Å². The normalized spacial score (nSPS) is 11.0. The molecule has 12 heteroatoms. The summed E-state index contributed by atoms with van der Waals surface area (Å²) < 4.78 is 0. The number of hydrogen-bond acceptors (Lipinski definition) is 12. The Hall–Kier alpha value is -17.2. The molecule has 0 saturated carbocycles. The minimum Gasteiger partial charge on any atom is -0.208 e. The molecule has 0 aliphatic rings. The first-order valence-corrected chi connectivity index (χ1v) is 42.6. The van der Waals surface area contributed by atoms with Crippen LogP contribution in [0.15, 0.2) is 449 Å². The van der Waals surface area contributed by atoms with Gasteiger partial charge in [0.05, 0.1) is 0 Å². The Balaban J connectivity index is 0.000000161. The molecule has 0 aliphatic heterocycles. The van der Waals surface area contributed by atoms with Crippen LogP contribution in [0.3, 0.4) is 0 Å². The number of aromatic nitrogens is 12. The first-order valence-electron chi connectivity index (χ1n) is 42.6. The SMILES string of the molecule is Cc1ccc(-c2nc(-c3ccccc3)nc(-c3ccc(-c4ccccc4)cc3)n2)cc1-c1cccc(-c2cccc(-c3cccc(-c4nc(-c5ccccc5)nc(-c5ccccc5)n4)c3)c2)c1.Cc1ccc(-c2nc(-c3ccccc3)nc(-c3ccc(-c4ccccc4)cc3)n2)cc1-c1cccc(-c2cccc(-c3nc(-c4ccccc4)nc(-c4ccccc4)n3)c2)c1. The van der Waals surface area contributed by atoms with Gasteiger partial charge in [-0.1, -0.05) is 406 Å². The highest BCUT2D eigenvalue weighted by Crippen LogP contribution is 2.40. The Morgan fingerprint density at radius 3 is 0.461 bits per heavy atom. The summed E-state index contributed by atoms with van der Waals surface area (Å²) in [6, 6.07) is 154. The number of hydrogen-bond donors (Lipinski definition) is 0. The van der Waals surface area contributed by atoms with Gasteiger partial charge in [-0.05, 0) is 145 Å². The molecule has 4 heterocycles. The van der Waals surface area contributed by atoms with Gasteiger partial charge in [0.15, 0.2) is 69.9 Å². The zero-order valence-electron chi connectivity index (χ0n) is 70.1. The monoisotopic (exact) mass is 1640 g/mol. The topological polar surface area (TPSA) is 155 Å². The molecule has 4 aromatic heterocycles. The van der Waals surface area contributed by atoms with Crippen molar-refractivity contribution >= 4 is 0 Å². The van der Waals surface area contributed by atoms with Gasteiger partial charge >= 0.3 is 0 Å². The lowest BCUT2D eigenvalue weighted by atomic mass is 9.93. The van der Waals surface area contributed by atoms with Crippen molar-refractivity contribution in [2.24, 2.45) is 0 Å². The van der Waals surface area contributed by atoms with Gasteiger partial charge in [0.1, 0.15) is 0 Å². The maximum absolute atomic E-state index is 5.10. The molecule has 21 aromatic rings. The molecule has 0 N–H and O–H groups in total. The second kappa shape index (κ2) is 36.5. The summed E-state index contributed by atoms with van der Waals surface area (Å²) in [7, 11) is 0. The van der Waals surface area contributed by atoms with Crippen LogP contribution < -0.4 is 0 Å². The van der Waals surface area contributed by atoms with Crippen LogP contribution in [0.1, 0.15) is 11.1 Å². The molecule has 0 unspecified atom stereocenters. The van der Waals surface area contributed by atoms with E-state index in [1.807, 2.05) is 194 Å². The fourth-order valence-electron chi connectivity index (χ4n) is 15.9. The smallest absolute Gasteiger partial charge is 0.164 e. The molecule has 0 spiro atoms. The van der Waals surface area contributed by atoms with Gasteiger partial charge in [0.25, 0.3) is 0 Å². The van der Waals surface area contributed by atoms with E-state index < -0.39 is 0 Å². The van der Waals surface area contributed by atoms with E-state index in [1.54, 1.807) is 0 Å². The van der Waals surface area contributed by atoms with E-state index >= 15 is 0 Å². The Kier molecular flexibility index (Phi) is 22.6. The molecule has 0 fully saturated rings. The average Bonchev–Trinajstić information content (AvgIpc) is 0.463. The van der Waals surface area contributed by atoms with E-state index in [-0.39, 0.29) is 0 Å². The third-order valence-electron chi connectivity index (χ3n) is 22.7. The minimum atomic E-state index is 0.614. The summed E-state index contributed by atoms with van der Waals surface area (Å²) in [5.41, 5.74) is 29.0. The lowest BCUT2D eigenvalue weighted by Crippen LogP contribution is -2.00. The van der Waals surface area contributed by atoms with Crippen molar-refractivity contribution in [1.29, 1.82) is 0 Å². The molecule has 21 rings (SSSR count). The number of aryl methyl sites for hydroxylation is 2. The molecule has 0 bridgehead atoms. The second-order valence-electron chi connectivity index (χ2n) is 31.3. The van der Waals surface area contributed by atoms with E-state index in [0.717, 1.165) is 156 Å². The molecule has 128 heavy (non-hydrogen) atoms. The van der Waals surface area contributed by atoms with Crippen molar-refractivity contribution in [3.63, 3.8) is 0 Å². The van der Waals surface area contributed by atoms with Crippen molar-refractivity contribution < 1.29 is 0 Å². The second-order valence-corrected chi connectivity index (χ2v) is 31.3. The number of nitrogens with zero attached hydrogens (tertiary/aromatic N) is 12. The fourth-order valence-corrected chi connectivity index (χ4v) is 15.9. The summed E-state index contributed by atoms with van der Waals surface area (Å²) in [4.78, 5) is 60.0. The fraction of sp³-hybridized carbons (Fsp3) is 0.0172. The van der Waals surface area contributed by atoms with Gasteiger partial charge in [-0.2, -0.15) is 0 Å². The average molecular weight is 1640 g/mol. The maximum Gasteiger partial charge on any atom is 0.164 e. The predicted octanol–water partition coefficient (Wildman–Crippen LogP) is 28.4. The van der Waals surface area contributed by atoms with E-state index in [0.29, 0.717) is 69.9 Å². The largest absolute Gasteiger partial charge is 0.208 e. The summed E-state index contributed by atoms with van der Waals surface area (Å²) in [6.07, 6.45) is 0. The van der Waals surface area contributed by atoms with Crippen molar-refractivity contribution in [2.45, 2.75) is 13.8 Å². The van der Waals surface area contributed by atoms with Crippen LogP contribution in [-0.4, -0.2) is 59.8 Å². The van der Waals surface area contributed by atoms with Crippen molar-refractivity contribution in [3.05, 3.63) is 460 Å². The predicted molar refractivity (Wildman–Crippen MR) is 519 cm³/mol. The lowest BCUT2D eigenvalue weighted by molar-refractivity contribution is 1.07. The van der Waals surface area contributed by atoms with Crippen LogP contribution in [0, 0.1) is 13.8 Å². The minimum absolute atomic E-state index is 0.614. The highest BCUT2D eigenvalue weighted by atomic mass is 15.1. The molecule has 12 nitrogen and oxygen atoms in total. The van der Waals surface area contributed by atoms with Gasteiger partial charge in [-0.3, -0.25) is 0 Å². The van der Waals surface area contributed by atoms with E-state index in [9.17, 15) is 0 Å². The molecule has 604 valence electrons. The van der Waals surface area contributed by atoms with Gasteiger partial charge in [-0.25, -0.2) is 59.8 Å². The third-order valence-corrected chi connectivity index (χ3v) is 22.7.